The number of likely N-dealkylation sites (tertiary alicyclic amines) is 1. The molecule has 88 valence electrons. The summed E-state index contributed by atoms with van der Waals surface area (Å²) in [5, 5.41) is 0. The van der Waals surface area contributed by atoms with Gasteiger partial charge in [0.25, 0.3) is 5.91 Å². The zero-order chi connectivity index (χ0) is 11.7. The van der Waals surface area contributed by atoms with E-state index in [-0.39, 0.29) is 5.91 Å². The van der Waals surface area contributed by atoms with E-state index in [4.69, 9.17) is 5.73 Å². The summed E-state index contributed by atoms with van der Waals surface area (Å²) in [6.07, 6.45) is 3.44. The third kappa shape index (κ3) is 1.79. The lowest BCUT2D eigenvalue weighted by Gasteiger charge is -2.27. The second-order valence-electron chi connectivity index (χ2n) is 4.50. The Morgan fingerprint density at radius 3 is 2.44 bits per heavy atom. The molecule has 0 unspecified atom stereocenters. The third-order valence-corrected chi connectivity index (χ3v) is 3.35. The van der Waals surface area contributed by atoms with Crippen LogP contribution in [0.5, 0.6) is 0 Å². The van der Waals surface area contributed by atoms with Crippen LogP contribution in [-0.2, 0) is 7.05 Å². The van der Waals surface area contributed by atoms with Crippen molar-refractivity contribution in [2.75, 3.05) is 18.8 Å². The van der Waals surface area contributed by atoms with Crippen molar-refractivity contribution >= 4 is 11.6 Å². The number of aromatic nitrogens is 1. The van der Waals surface area contributed by atoms with E-state index in [2.05, 4.69) is 0 Å². The molecule has 4 nitrogen and oxygen atoms in total. The molecular weight excluding hydrogens is 202 g/mol. The van der Waals surface area contributed by atoms with Crippen LogP contribution in [-0.4, -0.2) is 28.5 Å². The van der Waals surface area contributed by atoms with Gasteiger partial charge in [0.1, 0.15) is 5.69 Å². The number of anilines is 1. The molecule has 1 aliphatic rings. The van der Waals surface area contributed by atoms with Gasteiger partial charge in [-0.25, -0.2) is 0 Å². The molecule has 1 aliphatic heterocycles. The van der Waals surface area contributed by atoms with E-state index >= 15 is 0 Å². The van der Waals surface area contributed by atoms with Gasteiger partial charge in [-0.1, -0.05) is 0 Å². The van der Waals surface area contributed by atoms with Crippen LogP contribution in [0.1, 0.15) is 35.4 Å². The highest BCUT2D eigenvalue weighted by Gasteiger charge is 2.23. The Morgan fingerprint density at radius 1 is 1.31 bits per heavy atom. The fraction of sp³-hybridized carbons (Fsp3) is 0.583. The average Bonchev–Trinajstić information content (AvgIpc) is 2.54. The van der Waals surface area contributed by atoms with Gasteiger partial charge in [0.15, 0.2) is 0 Å². The molecule has 1 aromatic heterocycles. The summed E-state index contributed by atoms with van der Waals surface area (Å²) < 4.78 is 1.88. The van der Waals surface area contributed by atoms with Crippen molar-refractivity contribution in [1.29, 1.82) is 0 Å². The van der Waals surface area contributed by atoms with E-state index in [0.717, 1.165) is 31.6 Å². The first-order valence-corrected chi connectivity index (χ1v) is 5.82. The molecule has 1 aromatic rings. The van der Waals surface area contributed by atoms with Gasteiger partial charge in [-0.3, -0.25) is 4.79 Å². The predicted octanol–water partition coefficient (Wildman–Crippen LogP) is 1.54. The predicted molar refractivity (Wildman–Crippen MR) is 64.3 cm³/mol. The van der Waals surface area contributed by atoms with Crippen molar-refractivity contribution in [2.24, 2.45) is 7.05 Å². The van der Waals surface area contributed by atoms with Crippen LogP contribution < -0.4 is 5.73 Å². The van der Waals surface area contributed by atoms with Gasteiger partial charge >= 0.3 is 0 Å². The molecule has 0 bridgehead atoms. The zero-order valence-corrected chi connectivity index (χ0v) is 9.99. The van der Waals surface area contributed by atoms with E-state index in [1.165, 1.54) is 6.42 Å². The van der Waals surface area contributed by atoms with Crippen molar-refractivity contribution in [2.45, 2.75) is 26.2 Å². The number of nitrogen functional groups attached to an aromatic ring is 1. The number of amides is 1. The van der Waals surface area contributed by atoms with Crippen LogP contribution in [0.25, 0.3) is 0 Å². The maximum absolute atomic E-state index is 12.3. The van der Waals surface area contributed by atoms with Crippen molar-refractivity contribution in [1.82, 2.24) is 9.47 Å². The lowest BCUT2D eigenvalue weighted by molar-refractivity contribution is 0.0715. The van der Waals surface area contributed by atoms with Gasteiger partial charge in [-0.2, -0.15) is 0 Å². The van der Waals surface area contributed by atoms with Gasteiger partial charge in [0.2, 0.25) is 0 Å². The molecule has 1 amide bonds. The molecule has 1 fully saturated rings. The van der Waals surface area contributed by atoms with E-state index in [1.54, 1.807) is 0 Å². The van der Waals surface area contributed by atoms with Crippen molar-refractivity contribution < 1.29 is 4.79 Å². The van der Waals surface area contributed by atoms with E-state index in [1.807, 2.05) is 29.5 Å². The zero-order valence-electron chi connectivity index (χ0n) is 9.99. The molecule has 0 radical (unpaired) electrons. The van der Waals surface area contributed by atoms with E-state index in [9.17, 15) is 4.79 Å². The number of aryl methyl sites for hydroxylation is 1. The minimum atomic E-state index is 0.0767. The van der Waals surface area contributed by atoms with Gasteiger partial charge in [-0.15, -0.1) is 0 Å². The van der Waals surface area contributed by atoms with Crippen LogP contribution in [0.4, 0.5) is 5.69 Å². The first-order chi connectivity index (χ1) is 7.61. The van der Waals surface area contributed by atoms with Crippen LogP contribution in [0.3, 0.4) is 0 Å². The molecule has 4 heteroatoms. The Balaban J connectivity index is 2.25. The smallest absolute Gasteiger partial charge is 0.272 e. The largest absolute Gasteiger partial charge is 0.397 e. The Kier molecular flexibility index (Phi) is 2.90. The third-order valence-electron chi connectivity index (χ3n) is 3.35. The molecule has 2 N–H and O–H groups in total. The molecule has 2 heterocycles. The van der Waals surface area contributed by atoms with Crippen molar-refractivity contribution in [3.05, 3.63) is 17.5 Å². The number of nitrogens with zero attached hydrogens (tertiary/aromatic N) is 2. The highest BCUT2D eigenvalue weighted by Crippen LogP contribution is 2.20. The fourth-order valence-electron chi connectivity index (χ4n) is 2.27. The second-order valence-corrected chi connectivity index (χ2v) is 4.50. The van der Waals surface area contributed by atoms with Gasteiger partial charge in [-0.05, 0) is 32.3 Å². The van der Waals surface area contributed by atoms with Crippen LogP contribution in [0.15, 0.2) is 6.07 Å². The quantitative estimate of drug-likeness (QED) is 0.782. The monoisotopic (exact) mass is 221 g/mol. The maximum atomic E-state index is 12.3. The van der Waals surface area contributed by atoms with Crippen LogP contribution >= 0.6 is 0 Å². The second kappa shape index (κ2) is 4.20. The van der Waals surface area contributed by atoms with Crippen LogP contribution in [0, 0.1) is 6.92 Å². The molecule has 0 spiro atoms. The fourth-order valence-corrected chi connectivity index (χ4v) is 2.27. The summed E-state index contributed by atoms with van der Waals surface area (Å²) in [4.78, 5) is 14.2. The number of piperidine rings is 1. The molecule has 0 aliphatic carbocycles. The highest BCUT2D eigenvalue weighted by molar-refractivity contribution is 5.98. The SMILES string of the molecule is Cc1cc(N)c(C(=O)N2CCCCC2)n1C. The number of carbonyl (C=O) groups excluding carboxylic acids is 1. The molecule has 1 saturated heterocycles. The van der Waals surface area contributed by atoms with Crippen LogP contribution in [0.2, 0.25) is 0 Å². The topological polar surface area (TPSA) is 51.3 Å². The molecule has 0 atom stereocenters. The molecule has 0 aromatic carbocycles. The Hall–Kier alpha value is -1.45. The summed E-state index contributed by atoms with van der Waals surface area (Å²) in [6.45, 7) is 3.69. The number of nitrogens with two attached hydrogens (primary N) is 1. The Labute approximate surface area is 96.0 Å². The number of hydrogen-bond acceptors (Lipinski definition) is 2. The highest BCUT2D eigenvalue weighted by atomic mass is 16.2. The Bertz CT molecular complexity index is 403. The molecule has 2 rings (SSSR count). The number of hydrogen-bond donors (Lipinski definition) is 1. The number of carbonyl (C=O) groups is 1. The lowest BCUT2D eigenvalue weighted by Crippen LogP contribution is -2.36. The minimum absolute atomic E-state index is 0.0767. The summed E-state index contributed by atoms with van der Waals surface area (Å²) >= 11 is 0. The molecule has 16 heavy (non-hydrogen) atoms. The minimum Gasteiger partial charge on any atom is -0.397 e. The number of rotatable bonds is 1. The Morgan fingerprint density at radius 2 is 1.94 bits per heavy atom. The first kappa shape index (κ1) is 11.0. The van der Waals surface area contributed by atoms with Crippen molar-refractivity contribution in [3.63, 3.8) is 0 Å². The van der Waals surface area contributed by atoms with Crippen molar-refractivity contribution in [3.8, 4) is 0 Å². The summed E-state index contributed by atoms with van der Waals surface area (Å²) in [5.74, 6) is 0.0767. The molecular formula is C12H19N3O. The summed E-state index contributed by atoms with van der Waals surface area (Å²) in [7, 11) is 1.89. The van der Waals surface area contributed by atoms with E-state index in [0.29, 0.717) is 11.4 Å². The lowest BCUT2D eigenvalue weighted by atomic mass is 10.1. The molecule has 0 saturated carbocycles. The average molecular weight is 221 g/mol. The normalized spacial score (nSPS) is 16.5. The first-order valence-electron chi connectivity index (χ1n) is 5.82. The maximum Gasteiger partial charge on any atom is 0.272 e. The van der Waals surface area contributed by atoms with Gasteiger partial charge < -0.3 is 15.2 Å². The van der Waals surface area contributed by atoms with Gasteiger partial charge in [0.05, 0.1) is 5.69 Å². The standard InChI is InChI=1S/C12H19N3O/c1-9-8-10(13)11(14(9)2)12(16)15-6-4-3-5-7-15/h8H,3-7,13H2,1-2H3. The summed E-state index contributed by atoms with van der Waals surface area (Å²) in [5.41, 5.74) is 8.14. The van der Waals surface area contributed by atoms with E-state index < -0.39 is 0 Å². The van der Waals surface area contributed by atoms with Gasteiger partial charge in [0, 0.05) is 25.8 Å². The summed E-state index contributed by atoms with van der Waals surface area (Å²) in [6, 6.07) is 1.86.